The van der Waals surface area contributed by atoms with Gasteiger partial charge in [-0.15, -0.1) is 4.91 Å². The molecule has 3 heterocycles. The maximum Gasteiger partial charge on any atom is 0.150 e. The monoisotopic (exact) mass is 310 g/mol. The first-order valence-corrected chi connectivity index (χ1v) is 6.39. The van der Waals surface area contributed by atoms with E-state index in [0.29, 0.717) is 17.0 Å². The van der Waals surface area contributed by atoms with Crippen LogP contribution in [0, 0.1) is 4.91 Å². The second-order valence-electron chi connectivity index (χ2n) is 4.19. The summed E-state index contributed by atoms with van der Waals surface area (Å²) in [5.41, 5.74) is 6.56. The number of fused-ring (bicyclic) bond motifs is 1. The van der Waals surface area contributed by atoms with Gasteiger partial charge in [0.15, 0.2) is 5.82 Å². The summed E-state index contributed by atoms with van der Waals surface area (Å²) in [5.74, 6) is 1.18. The first-order chi connectivity index (χ1) is 8.72. The standard InChI is InChI=1S/C10H11BrN6O/c11-8-7-9(12)13-3-5-16(7)10(14-8)6-2-1-4-17(6)15-18/h3,5-6H,1-2,4H2,(H2,12,13)/t6-/m0/s1. The van der Waals surface area contributed by atoms with Gasteiger partial charge in [-0.3, -0.25) is 9.41 Å². The van der Waals surface area contributed by atoms with Crippen molar-refractivity contribution in [3.8, 4) is 0 Å². The number of rotatable bonds is 2. The SMILES string of the molecule is Nc1nccn2c([C@@H]3CCCN3N=O)nc(Br)c12. The zero-order valence-electron chi connectivity index (χ0n) is 9.45. The van der Waals surface area contributed by atoms with Crippen LogP contribution in [0.25, 0.3) is 5.52 Å². The molecular formula is C10H11BrN6O. The molecule has 18 heavy (non-hydrogen) atoms. The maximum atomic E-state index is 10.8. The number of nitroso groups, excluding NO2 is 1. The lowest BCUT2D eigenvalue weighted by Gasteiger charge is -2.16. The predicted molar refractivity (Wildman–Crippen MR) is 69.6 cm³/mol. The summed E-state index contributed by atoms with van der Waals surface area (Å²) in [6, 6.07) is -0.0944. The number of imidazole rings is 1. The lowest BCUT2D eigenvalue weighted by Crippen LogP contribution is -2.18. The summed E-state index contributed by atoms with van der Waals surface area (Å²) >= 11 is 3.38. The second-order valence-corrected chi connectivity index (χ2v) is 4.95. The summed E-state index contributed by atoms with van der Waals surface area (Å²) in [4.78, 5) is 19.3. The molecule has 1 aliphatic rings. The van der Waals surface area contributed by atoms with Gasteiger partial charge in [-0.2, -0.15) is 0 Å². The van der Waals surface area contributed by atoms with Crippen LogP contribution in [-0.4, -0.2) is 25.9 Å². The van der Waals surface area contributed by atoms with Gasteiger partial charge in [0.1, 0.15) is 22.0 Å². The van der Waals surface area contributed by atoms with Crippen LogP contribution in [-0.2, 0) is 0 Å². The van der Waals surface area contributed by atoms with Crippen molar-refractivity contribution in [2.24, 2.45) is 5.29 Å². The third-order valence-corrected chi connectivity index (χ3v) is 3.75. The van der Waals surface area contributed by atoms with Crippen molar-refractivity contribution >= 4 is 27.3 Å². The average molecular weight is 311 g/mol. The molecule has 1 fully saturated rings. The topological polar surface area (TPSA) is 88.9 Å². The Labute approximate surface area is 111 Å². The molecule has 2 aromatic rings. The van der Waals surface area contributed by atoms with E-state index in [4.69, 9.17) is 5.73 Å². The molecule has 1 aliphatic heterocycles. The van der Waals surface area contributed by atoms with E-state index in [1.54, 1.807) is 12.4 Å². The minimum atomic E-state index is -0.0944. The molecule has 2 N–H and O–H groups in total. The van der Waals surface area contributed by atoms with Gasteiger partial charge in [0.05, 0.1) is 5.29 Å². The zero-order chi connectivity index (χ0) is 12.7. The van der Waals surface area contributed by atoms with Crippen LogP contribution in [0.5, 0.6) is 0 Å². The summed E-state index contributed by atoms with van der Waals surface area (Å²) in [7, 11) is 0. The largest absolute Gasteiger partial charge is 0.382 e. The van der Waals surface area contributed by atoms with E-state index in [2.05, 4.69) is 31.2 Å². The fraction of sp³-hybridized carbons (Fsp3) is 0.400. The van der Waals surface area contributed by atoms with E-state index in [9.17, 15) is 4.91 Å². The molecule has 3 rings (SSSR count). The Morgan fingerprint density at radius 1 is 1.56 bits per heavy atom. The Bertz CT molecular complexity index is 612. The van der Waals surface area contributed by atoms with Crippen LogP contribution in [0.15, 0.2) is 22.3 Å². The van der Waals surface area contributed by atoms with Crippen molar-refractivity contribution in [2.45, 2.75) is 18.9 Å². The third kappa shape index (κ3) is 1.56. The normalized spacial score (nSPS) is 19.6. The molecule has 0 aliphatic carbocycles. The Morgan fingerprint density at radius 3 is 3.17 bits per heavy atom. The highest BCUT2D eigenvalue weighted by molar-refractivity contribution is 9.10. The van der Waals surface area contributed by atoms with Crippen molar-refractivity contribution in [1.29, 1.82) is 0 Å². The van der Waals surface area contributed by atoms with Crippen LogP contribution in [0.4, 0.5) is 5.82 Å². The maximum absolute atomic E-state index is 10.8. The molecule has 0 bridgehead atoms. The molecule has 7 nitrogen and oxygen atoms in total. The van der Waals surface area contributed by atoms with E-state index in [0.717, 1.165) is 24.2 Å². The number of hydrogen-bond acceptors (Lipinski definition) is 5. The Balaban J connectivity index is 2.18. The number of halogens is 1. The van der Waals surface area contributed by atoms with Gasteiger partial charge < -0.3 is 5.73 Å². The minimum Gasteiger partial charge on any atom is -0.382 e. The first kappa shape index (κ1) is 11.4. The van der Waals surface area contributed by atoms with Crippen LogP contribution < -0.4 is 5.73 Å². The lowest BCUT2D eigenvalue weighted by molar-refractivity contribution is 0.256. The highest BCUT2D eigenvalue weighted by atomic mass is 79.9. The van der Waals surface area contributed by atoms with Crippen molar-refractivity contribution in [3.05, 3.63) is 27.7 Å². The average Bonchev–Trinajstić information content (AvgIpc) is 2.94. The lowest BCUT2D eigenvalue weighted by atomic mass is 10.2. The number of nitrogens with zero attached hydrogens (tertiary/aromatic N) is 5. The van der Waals surface area contributed by atoms with Gasteiger partial charge in [-0.25, -0.2) is 9.97 Å². The van der Waals surface area contributed by atoms with Crippen molar-refractivity contribution < 1.29 is 0 Å². The molecule has 94 valence electrons. The number of aromatic nitrogens is 3. The van der Waals surface area contributed by atoms with Gasteiger partial charge in [0.2, 0.25) is 0 Å². The number of hydrogen-bond donors (Lipinski definition) is 1. The van der Waals surface area contributed by atoms with Crippen molar-refractivity contribution in [3.63, 3.8) is 0 Å². The minimum absolute atomic E-state index is 0.0944. The summed E-state index contributed by atoms with van der Waals surface area (Å²) in [6.45, 7) is 0.668. The summed E-state index contributed by atoms with van der Waals surface area (Å²) in [6.07, 6.45) is 5.21. The molecule has 0 radical (unpaired) electrons. The van der Waals surface area contributed by atoms with Gasteiger partial charge in [0, 0.05) is 18.9 Å². The Kier molecular flexibility index (Phi) is 2.66. The van der Waals surface area contributed by atoms with E-state index in [-0.39, 0.29) is 6.04 Å². The molecule has 2 aromatic heterocycles. The number of nitrogens with two attached hydrogens (primary N) is 1. The Morgan fingerprint density at radius 2 is 2.39 bits per heavy atom. The van der Waals surface area contributed by atoms with Crippen molar-refractivity contribution in [1.82, 2.24) is 19.4 Å². The van der Waals surface area contributed by atoms with Gasteiger partial charge in [-0.1, -0.05) is 0 Å². The summed E-state index contributed by atoms with van der Waals surface area (Å²) < 4.78 is 2.50. The fourth-order valence-electron chi connectivity index (χ4n) is 2.39. The van der Waals surface area contributed by atoms with Gasteiger partial charge >= 0.3 is 0 Å². The second kappa shape index (κ2) is 4.20. The third-order valence-electron chi connectivity index (χ3n) is 3.20. The smallest absolute Gasteiger partial charge is 0.150 e. The molecule has 1 saturated heterocycles. The molecular weight excluding hydrogens is 300 g/mol. The first-order valence-electron chi connectivity index (χ1n) is 5.60. The van der Waals surface area contributed by atoms with E-state index in [1.165, 1.54) is 5.01 Å². The van der Waals surface area contributed by atoms with Crippen LogP contribution >= 0.6 is 15.9 Å². The van der Waals surface area contributed by atoms with Gasteiger partial charge in [-0.05, 0) is 28.8 Å². The van der Waals surface area contributed by atoms with E-state index in [1.807, 2.05) is 4.40 Å². The van der Waals surface area contributed by atoms with Crippen LogP contribution in [0.3, 0.4) is 0 Å². The summed E-state index contributed by atoms with van der Waals surface area (Å²) in [5, 5.41) is 4.58. The fourth-order valence-corrected chi connectivity index (χ4v) is 2.97. The molecule has 8 heteroatoms. The number of anilines is 1. The number of nitrogen functional groups attached to an aromatic ring is 1. The highest BCUT2D eigenvalue weighted by Gasteiger charge is 2.30. The van der Waals surface area contributed by atoms with Crippen LogP contribution in [0.1, 0.15) is 24.7 Å². The highest BCUT2D eigenvalue weighted by Crippen LogP contribution is 2.34. The quantitative estimate of drug-likeness (QED) is 0.856. The Hall–Kier alpha value is -1.70. The molecule has 0 unspecified atom stereocenters. The van der Waals surface area contributed by atoms with Crippen molar-refractivity contribution in [2.75, 3.05) is 12.3 Å². The van der Waals surface area contributed by atoms with E-state index < -0.39 is 0 Å². The molecule has 1 atom stereocenters. The zero-order valence-corrected chi connectivity index (χ0v) is 11.0. The predicted octanol–water partition coefficient (Wildman–Crippen LogP) is 1.89. The van der Waals surface area contributed by atoms with Gasteiger partial charge in [0.25, 0.3) is 0 Å². The molecule has 0 aromatic carbocycles. The molecule has 0 amide bonds. The molecule has 0 saturated carbocycles. The van der Waals surface area contributed by atoms with E-state index >= 15 is 0 Å². The van der Waals surface area contributed by atoms with Crippen LogP contribution in [0.2, 0.25) is 0 Å². The molecule has 0 spiro atoms.